The number of carbonyl (C=O) groups is 2. The van der Waals surface area contributed by atoms with Gasteiger partial charge in [-0.25, -0.2) is 0 Å². The molecule has 2 aromatic rings. The Labute approximate surface area is 159 Å². The van der Waals surface area contributed by atoms with Crippen molar-refractivity contribution in [2.24, 2.45) is 5.92 Å². The van der Waals surface area contributed by atoms with E-state index in [4.69, 9.17) is 4.74 Å². The summed E-state index contributed by atoms with van der Waals surface area (Å²) in [5.41, 5.74) is 1.26. The van der Waals surface area contributed by atoms with Gasteiger partial charge in [0, 0.05) is 16.1 Å². The predicted molar refractivity (Wildman–Crippen MR) is 99.5 cm³/mol. The van der Waals surface area contributed by atoms with Gasteiger partial charge in [-0.05, 0) is 31.4 Å². The van der Waals surface area contributed by atoms with Crippen LogP contribution in [-0.2, 0) is 27.4 Å². The molecular weight excluding hydrogens is 402 g/mol. The van der Waals surface area contributed by atoms with Crippen LogP contribution in [0.5, 0.6) is 0 Å². The van der Waals surface area contributed by atoms with Gasteiger partial charge in [-0.15, -0.1) is 0 Å². The van der Waals surface area contributed by atoms with Crippen LogP contribution in [0, 0.1) is 16.0 Å². The second kappa shape index (κ2) is 9.24. The van der Waals surface area contributed by atoms with E-state index in [0.29, 0.717) is 10.0 Å². The van der Waals surface area contributed by atoms with E-state index < -0.39 is 16.8 Å². The summed E-state index contributed by atoms with van der Waals surface area (Å²) in [6.07, 6.45) is 0.389. The molecule has 0 amide bonds. The number of nitrogens with zero attached hydrogens (tertiary/aromatic N) is 1. The van der Waals surface area contributed by atoms with Gasteiger partial charge in [0.25, 0.3) is 5.69 Å². The van der Waals surface area contributed by atoms with E-state index in [1.54, 1.807) is 12.1 Å². The number of benzene rings is 2. The minimum Gasteiger partial charge on any atom is -0.460 e. The third-order valence-corrected chi connectivity index (χ3v) is 4.44. The average molecular weight is 420 g/mol. The third kappa shape index (κ3) is 5.49. The van der Waals surface area contributed by atoms with Crippen molar-refractivity contribution in [3.05, 3.63) is 74.2 Å². The number of halogens is 1. The summed E-state index contributed by atoms with van der Waals surface area (Å²) in [7, 11) is 0. The molecule has 2 aromatic carbocycles. The molecule has 0 aliphatic heterocycles. The molecule has 2 rings (SSSR count). The fourth-order valence-electron chi connectivity index (χ4n) is 2.53. The van der Waals surface area contributed by atoms with Crippen LogP contribution in [0.25, 0.3) is 0 Å². The lowest BCUT2D eigenvalue weighted by atomic mass is 9.95. The minimum atomic E-state index is -0.943. The number of rotatable bonds is 8. The molecule has 26 heavy (non-hydrogen) atoms. The first kappa shape index (κ1) is 19.8. The van der Waals surface area contributed by atoms with E-state index >= 15 is 0 Å². The number of aryl methyl sites for hydroxylation is 1. The molecule has 0 radical (unpaired) electrons. The number of hydrogen-bond donors (Lipinski definition) is 0. The Balaban J connectivity index is 2.03. The van der Waals surface area contributed by atoms with Gasteiger partial charge in [0.1, 0.15) is 18.3 Å². The lowest BCUT2D eigenvalue weighted by Crippen LogP contribution is -2.25. The van der Waals surface area contributed by atoms with Crippen molar-refractivity contribution in [3.63, 3.8) is 0 Å². The molecule has 0 aromatic heterocycles. The summed E-state index contributed by atoms with van der Waals surface area (Å²) >= 11 is 3.20. The fourth-order valence-corrected chi connectivity index (χ4v) is 2.88. The van der Waals surface area contributed by atoms with Crippen molar-refractivity contribution in [2.45, 2.75) is 26.4 Å². The Morgan fingerprint density at radius 1 is 1.19 bits per heavy atom. The molecule has 1 unspecified atom stereocenters. The number of Topliss-reactive ketones (excluding diaryl/α,β-unsaturated/α-hetero) is 1. The molecule has 0 bridgehead atoms. The van der Waals surface area contributed by atoms with Gasteiger partial charge < -0.3 is 4.74 Å². The first-order chi connectivity index (χ1) is 12.4. The molecule has 0 heterocycles. The van der Waals surface area contributed by atoms with E-state index in [1.807, 2.05) is 30.3 Å². The minimum absolute atomic E-state index is 0.0423. The Hall–Kier alpha value is -2.54. The molecule has 136 valence electrons. The highest BCUT2D eigenvalue weighted by atomic mass is 79.9. The SMILES string of the molecule is CC(=O)C(CCc1ccc(Br)cc1[N+](=O)[O-])C(=O)OCc1ccccc1. The molecular formula is C19H18BrNO5. The number of ketones is 1. The van der Waals surface area contributed by atoms with Crippen molar-refractivity contribution >= 4 is 33.4 Å². The summed E-state index contributed by atoms with van der Waals surface area (Å²) in [5, 5.41) is 11.2. The Morgan fingerprint density at radius 3 is 2.50 bits per heavy atom. The van der Waals surface area contributed by atoms with E-state index in [2.05, 4.69) is 15.9 Å². The predicted octanol–water partition coefficient (Wildman–Crippen LogP) is 4.24. The fraction of sp³-hybridized carbons (Fsp3) is 0.263. The zero-order valence-corrected chi connectivity index (χ0v) is 15.8. The van der Waals surface area contributed by atoms with Crippen molar-refractivity contribution in [3.8, 4) is 0 Å². The van der Waals surface area contributed by atoms with Crippen LogP contribution in [-0.4, -0.2) is 16.7 Å². The number of nitro groups is 1. The quantitative estimate of drug-likeness (QED) is 0.276. The van der Waals surface area contributed by atoms with Crippen molar-refractivity contribution in [2.75, 3.05) is 0 Å². The molecule has 0 saturated carbocycles. The van der Waals surface area contributed by atoms with Crippen molar-refractivity contribution in [1.29, 1.82) is 0 Å². The summed E-state index contributed by atoms with van der Waals surface area (Å²) in [4.78, 5) is 34.8. The van der Waals surface area contributed by atoms with Crippen LogP contribution in [0.1, 0.15) is 24.5 Å². The lowest BCUT2D eigenvalue weighted by Gasteiger charge is -2.13. The van der Waals surface area contributed by atoms with Crippen LogP contribution in [0.15, 0.2) is 53.0 Å². The maximum Gasteiger partial charge on any atom is 0.316 e. The highest BCUT2D eigenvalue weighted by Crippen LogP contribution is 2.26. The summed E-state index contributed by atoms with van der Waals surface area (Å²) in [6, 6.07) is 13.9. The van der Waals surface area contributed by atoms with E-state index in [0.717, 1.165) is 5.56 Å². The van der Waals surface area contributed by atoms with Gasteiger partial charge in [-0.3, -0.25) is 19.7 Å². The largest absolute Gasteiger partial charge is 0.460 e. The molecule has 0 aliphatic carbocycles. The third-order valence-electron chi connectivity index (χ3n) is 3.95. The van der Waals surface area contributed by atoms with E-state index in [9.17, 15) is 19.7 Å². The number of hydrogen-bond acceptors (Lipinski definition) is 5. The molecule has 0 aliphatic rings. The van der Waals surface area contributed by atoms with Gasteiger partial charge >= 0.3 is 5.97 Å². The lowest BCUT2D eigenvalue weighted by molar-refractivity contribution is -0.385. The molecule has 6 nitrogen and oxygen atoms in total. The number of nitro benzene ring substituents is 1. The second-order valence-electron chi connectivity index (χ2n) is 5.83. The van der Waals surface area contributed by atoms with Gasteiger partial charge in [-0.2, -0.15) is 0 Å². The number of carbonyl (C=O) groups excluding carboxylic acids is 2. The first-order valence-electron chi connectivity index (χ1n) is 8.02. The topological polar surface area (TPSA) is 86.5 Å². The maximum absolute atomic E-state index is 12.3. The van der Waals surface area contributed by atoms with Gasteiger partial charge in [-0.1, -0.05) is 52.3 Å². The second-order valence-corrected chi connectivity index (χ2v) is 6.74. The highest BCUT2D eigenvalue weighted by molar-refractivity contribution is 9.10. The van der Waals surface area contributed by atoms with Crippen LogP contribution >= 0.6 is 15.9 Å². The van der Waals surface area contributed by atoms with Crippen LogP contribution < -0.4 is 0 Å². The molecule has 0 spiro atoms. The summed E-state index contributed by atoms with van der Waals surface area (Å²) in [5.74, 6) is -1.87. The molecule has 0 N–H and O–H groups in total. The smallest absolute Gasteiger partial charge is 0.316 e. The van der Waals surface area contributed by atoms with Crippen LogP contribution in [0.4, 0.5) is 5.69 Å². The monoisotopic (exact) mass is 419 g/mol. The van der Waals surface area contributed by atoms with Crippen LogP contribution in [0.3, 0.4) is 0 Å². The maximum atomic E-state index is 12.3. The van der Waals surface area contributed by atoms with Gasteiger partial charge in [0.15, 0.2) is 0 Å². The molecule has 0 fully saturated rings. The molecule has 1 atom stereocenters. The first-order valence-corrected chi connectivity index (χ1v) is 8.81. The van der Waals surface area contributed by atoms with E-state index in [1.165, 1.54) is 13.0 Å². The van der Waals surface area contributed by atoms with Gasteiger partial charge in [0.2, 0.25) is 0 Å². The zero-order chi connectivity index (χ0) is 19.1. The Morgan fingerprint density at radius 2 is 1.88 bits per heavy atom. The summed E-state index contributed by atoms with van der Waals surface area (Å²) in [6.45, 7) is 1.41. The Kier molecular flexibility index (Phi) is 7.03. The van der Waals surface area contributed by atoms with Crippen molar-refractivity contribution in [1.82, 2.24) is 0 Å². The highest BCUT2D eigenvalue weighted by Gasteiger charge is 2.26. The number of ether oxygens (including phenoxy) is 1. The standard InChI is InChI=1S/C19H18BrNO5/c1-13(22)17(19(23)26-12-14-5-3-2-4-6-14)10-8-15-7-9-16(20)11-18(15)21(24)25/h2-7,9,11,17H,8,10,12H2,1H3. The number of esters is 1. The van der Waals surface area contributed by atoms with Gasteiger partial charge in [0.05, 0.1) is 4.92 Å². The zero-order valence-electron chi connectivity index (χ0n) is 14.2. The molecule has 7 heteroatoms. The normalized spacial score (nSPS) is 11.6. The molecule has 0 saturated heterocycles. The Bertz CT molecular complexity index is 807. The summed E-state index contributed by atoms with van der Waals surface area (Å²) < 4.78 is 5.83. The average Bonchev–Trinajstić information content (AvgIpc) is 2.61. The van der Waals surface area contributed by atoms with E-state index in [-0.39, 0.29) is 30.9 Å². The van der Waals surface area contributed by atoms with Crippen LogP contribution in [0.2, 0.25) is 0 Å². The van der Waals surface area contributed by atoms with Crippen molar-refractivity contribution < 1.29 is 19.2 Å².